The molecule has 5 aliphatic rings. The van der Waals surface area contributed by atoms with Crippen LogP contribution in [0.5, 0.6) is 0 Å². The van der Waals surface area contributed by atoms with Gasteiger partial charge in [0.2, 0.25) is 0 Å². The summed E-state index contributed by atoms with van der Waals surface area (Å²) in [5.41, 5.74) is 0.898. The Morgan fingerprint density at radius 3 is 2.26 bits per heavy atom. The lowest BCUT2D eigenvalue weighted by molar-refractivity contribution is -0.243. The maximum atomic E-state index is 12.6. The van der Waals surface area contributed by atoms with E-state index in [1.165, 1.54) is 51.4 Å². The summed E-state index contributed by atoms with van der Waals surface area (Å²) in [6.07, 6.45) is 10.4. The van der Waals surface area contributed by atoms with Gasteiger partial charge in [0, 0.05) is 23.3 Å². The lowest BCUT2D eigenvalue weighted by Crippen LogP contribution is -2.65. The third-order valence-corrected chi connectivity index (χ3v) is 7.83. The third-order valence-electron chi connectivity index (χ3n) is 7.83. The van der Waals surface area contributed by atoms with Crippen LogP contribution in [0.3, 0.4) is 0 Å². The van der Waals surface area contributed by atoms with Gasteiger partial charge in [-0.2, -0.15) is 0 Å². The second kappa shape index (κ2) is 5.10. The number of hydrogen-bond acceptors (Lipinski definition) is 2. The molecule has 0 spiro atoms. The van der Waals surface area contributed by atoms with Crippen LogP contribution < -0.4 is 0 Å². The van der Waals surface area contributed by atoms with Gasteiger partial charge in [-0.25, -0.2) is 4.79 Å². The molecule has 0 aromatic rings. The van der Waals surface area contributed by atoms with Crippen molar-refractivity contribution >= 4 is 5.97 Å². The fourth-order valence-electron chi connectivity index (χ4n) is 7.30. The minimum absolute atomic E-state index is 0.137. The van der Waals surface area contributed by atoms with Gasteiger partial charge in [-0.15, -0.1) is 0 Å². The number of rotatable bonds is 3. The van der Waals surface area contributed by atoms with E-state index < -0.39 is 0 Å². The van der Waals surface area contributed by atoms with E-state index >= 15 is 0 Å². The molecule has 0 aliphatic heterocycles. The SMILES string of the molecule is C=C(C)C(=O)OC1(C2CCCC2C)C2CC3CC1CC(C)(C3)C2. The van der Waals surface area contributed by atoms with Crippen molar-refractivity contribution in [1.29, 1.82) is 0 Å². The molecule has 0 amide bonds. The van der Waals surface area contributed by atoms with Crippen molar-refractivity contribution < 1.29 is 9.53 Å². The van der Waals surface area contributed by atoms with Gasteiger partial charge in [0.05, 0.1) is 0 Å². The van der Waals surface area contributed by atoms with Crippen molar-refractivity contribution in [2.75, 3.05) is 0 Å². The molecule has 128 valence electrons. The molecule has 23 heavy (non-hydrogen) atoms. The highest BCUT2D eigenvalue weighted by Gasteiger charge is 2.66. The molecule has 0 N–H and O–H groups in total. The monoisotopic (exact) mass is 316 g/mol. The molecule has 5 aliphatic carbocycles. The topological polar surface area (TPSA) is 26.3 Å². The van der Waals surface area contributed by atoms with Crippen molar-refractivity contribution in [3.8, 4) is 0 Å². The first kappa shape index (κ1) is 15.7. The molecule has 0 aromatic heterocycles. The first-order valence-electron chi connectivity index (χ1n) is 9.73. The van der Waals surface area contributed by atoms with E-state index in [1.54, 1.807) is 6.92 Å². The minimum Gasteiger partial charge on any atom is -0.455 e. The maximum absolute atomic E-state index is 12.6. The van der Waals surface area contributed by atoms with Crippen molar-refractivity contribution in [3.05, 3.63) is 12.2 Å². The van der Waals surface area contributed by atoms with Crippen LogP contribution in [0.25, 0.3) is 0 Å². The Hall–Kier alpha value is -0.790. The standard InChI is InChI=1S/C21H32O2/c1-13(2)19(22)23-21(18-7-5-6-14(18)3)16-8-15-9-17(21)12-20(4,10-15)11-16/h14-18H,1,5-12H2,2-4H3. The molecular weight excluding hydrogens is 284 g/mol. The number of hydrogen-bond donors (Lipinski definition) is 0. The summed E-state index contributed by atoms with van der Waals surface area (Å²) >= 11 is 0. The van der Waals surface area contributed by atoms with Gasteiger partial charge in [0.1, 0.15) is 5.60 Å². The molecular formula is C21H32O2. The zero-order valence-electron chi connectivity index (χ0n) is 15.1. The Morgan fingerprint density at radius 1 is 1.13 bits per heavy atom. The zero-order valence-corrected chi connectivity index (χ0v) is 15.1. The van der Waals surface area contributed by atoms with Crippen molar-refractivity contribution in [2.24, 2.45) is 35.0 Å². The van der Waals surface area contributed by atoms with Gasteiger partial charge < -0.3 is 4.74 Å². The van der Waals surface area contributed by atoms with E-state index in [2.05, 4.69) is 20.4 Å². The molecule has 0 saturated heterocycles. The molecule has 0 aromatic carbocycles. The second-order valence-corrected chi connectivity index (χ2v) is 9.69. The van der Waals surface area contributed by atoms with Gasteiger partial charge >= 0.3 is 5.97 Å². The smallest absolute Gasteiger partial charge is 0.333 e. The number of carbonyl (C=O) groups is 1. The van der Waals surface area contributed by atoms with Crippen LogP contribution in [0.4, 0.5) is 0 Å². The Kier molecular flexibility index (Phi) is 3.49. The van der Waals surface area contributed by atoms with E-state index in [0.29, 0.717) is 34.7 Å². The summed E-state index contributed by atoms with van der Waals surface area (Å²) in [6.45, 7) is 10.5. The molecule has 0 heterocycles. The summed E-state index contributed by atoms with van der Waals surface area (Å²) in [6, 6.07) is 0. The minimum atomic E-state index is -0.178. The van der Waals surface area contributed by atoms with Crippen LogP contribution in [0, 0.1) is 35.0 Å². The second-order valence-electron chi connectivity index (χ2n) is 9.69. The predicted octanol–water partition coefficient (Wildman–Crippen LogP) is 5.13. The molecule has 2 heteroatoms. The highest BCUT2D eigenvalue weighted by Crippen LogP contribution is 2.68. The zero-order chi connectivity index (χ0) is 16.4. The van der Waals surface area contributed by atoms with Crippen molar-refractivity contribution in [2.45, 2.75) is 77.7 Å². The quantitative estimate of drug-likeness (QED) is 0.533. The predicted molar refractivity (Wildman–Crippen MR) is 91.8 cm³/mol. The van der Waals surface area contributed by atoms with E-state index in [9.17, 15) is 4.79 Å². The van der Waals surface area contributed by atoms with Gasteiger partial charge in [0.15, 0.2) is 0 Å². The molecule has 4 atom stereocenters. The molecule has 5 fully saturated rings. The third kappa shape index (κ3) is 2.23. The van der Waals surface area contributed by atoms with Gasteiger partial charge in [-0.05, 0) is 62.7 Å². The summed E-state index contributed by atoms with van der Waals surface area (Å²) < 4.78 is 6.44. The lowest BCUT2D eigenvalue weighted by Gasteiger charge is -2.66. The van der Waals surface area contributed by atoms with E-state index in [4.69, 9.17) is 4.74 Å². The highest BCUT2D eigenvalue weighted by atomic mass is 16.6. The highest BCUT2D eigenvalue weighted by molar-refractivity contribution is 5.87. The number of esters is 1. The molecule has 4 bridgehead atoms. The maximum Gasteiger partial charge on any atom is 0.333 e. The van der Waals surface area contributed by atoms with Crippen LogP contribution in [-0.2, 0) is 9.53 Å². The van der Waals surface area contributed by atoms with E-state index in [-0.39, 0.29) is 11.6 Å². The number of carbonyl (C=O) groups excluding carboxylic acids is 1. The fraction of sp³-hybridized carbons (Fsp3) is 0.857. The first-order valence-corrected chi connectivity index (χ1v) is 9.73. The van der Waals surface area contributed by atoms with Crippen molar-refractivity contribution in [1.82, 2.24) is 0 Å². The van der Waals surface area contributed by atoms with Crippen molar-refractivity contribution in [3.63, 3.8) is 0 Å². The van der Waals surface area contributed by atoms with Crippen LogP contribution in [0.2, 0.25) is 0 Å². The fourth-order valence-corrected chi connectivity index (χ4v) is 7.30. The molecule has 5 saturated carbocycles. The average Bonchev–Trinajstić information content (AvgIpc) is 2.87. The van der Waals surface area contributed by atoms with Crippen LogP contribution in [-0.4, -0.2) is 11.6 Å². The van der Waals surface area contributed by atoms with E-state index in [1.807, 2.05) is 0 Å². The molecule has 0 radical (unpaired) electrons. The normalized spacial score (nSPS) is 51.0. The summed E-state index contributed by atoms with van der Waals surface area (Å²) in [5, 5.41) is 0. The summed E-state index contributed by atoms with van der Waals surface area (Å²) in [7, 11) is 0. The molecule has 5 rings (SSSR count). The largest absolute Gasteiger partial charge is 0.455 e. The van der Waals surface area contributed by atoms with Gasteiger partial charge in [-0.3, -0.25) is 0 Å². The molecule has 2 nitrogen and oxygen atoms in total. The van der Waals surface area contributed by atoms with Crippen LogP contribution >= 0.6 is 0 Å². The Morgan fingerprint density at radius 2 is 1.78 bits per heavy atom. The Labute approximate surface area is 141 Å². The lowest BCUT2D eigenvalue weighted by atomic mass is 9.42. The molecule has 4 unspecified atom stereocenters. The van der Waals surface area contributed by atoms with Gasteiger partial charge in [-0.1, -0.05) is 33.3 Å². The van der Waals surface area contributed by atoms with E-state index in [0.717, 1.165) is 5.92 Å². The Balaban J connectivity index is 1.74. The van der Waals surface area contributed by atoms with Crippen LogP contribution in [0.15, 0.2) is 12.2 Å². The van der Waals surface area contributed by atoms with Crippen LogP contribution in [0.1, 0.15) is 72.1 Å². The average molecular weight is 316 g/mol. The summed E-state index contributed by atoms with van der Waals surface area (Å²) in [5.74, 6) is 3.19. The Bertz CT molecular complexity index is 518. The number of ether oxygens (including phenoxy) is 1. The summed E-state index contributed by atoms with van der Waals surface area (Å²) in [4.78, 5) is 12.6. The van der Waals surface area contributed by atoms with Gasteiger partial charge in [0.25, 0.3) is 0 Å². The first-order chi connectivity index (χ1) is 10.8.